The normalized spacial score (nSPS) is 22.6. The molecule has 356 valence electrons. The van der Waals surface area contributed by atoms with Crippen LogP contribution in [0, 0.1) is 34.5 Å². The van der Waals surface area contributed by atoms with Crippen molar-refractivity contribution in [2.24, 2.45) is 34.5 Å². The van der Waals surface area contributed by atoms with Crippen LogP contribution in [0.2, 0.25) is 0 Å². The Morgan fingerprint density at radius 3 is 1.38 bits per heavy atom. The topological polar surface area (TPSA) is 170 Å². The molecule has 13 nitrogen and oxygen atoms in total. The second-order valence-electron chi connectivity index (χ2n) is 21.2. The summed E-state index contributed by atoms with van der Waals surface area (Å²) in [6.07, 6.45) is 16.5. The fourth-order valence-corrected chi connectivity index (χ4v) is 10.3. The minimum Gasteiger partial charge on any atom is -0.870 e. The summed E-state index contributed by atoms with van der Waals surface area (Å²) in [6.45, 7) is 21.5. The van der Waals surface area contributed by atoms with Crippen molar-refractivity contribution in [3.8, 4) is 12.0 Å². The Bertz CT molecular complexity index is 2160. The Kier molecular flexibility index (Phi) is 19.2. The van der Waals surface area contributed by atoms with Gasteiger partial charge in [0.2, 0.25) is 0 Å². The first kappa shape index (κ1) is 53.1. The van der Waals surface area contributed by atoms with E-state index >= 15 is 0 Å². The molecule has 0 bridgehead atoms. The van der Waals surface area contributed by atoms with E-state index in [4.69, 9.17) is 19.3 Å². The van der Waals surface area contributed by atoms with Crippen LogP contribution in [0.1, 0.15) is 137 Å². The molecule has 4 aromatic rings. The Morgan fingerprint density at radius 2 is 1.02 bits per heavy atom. The van der Waals surface area contributed by atoms with Crippen molar-refractivity contribution < 1.29 is 53.2 Å². The first-order chi connectivity index (χ1) is 30.6. The number of likely N-dealkylation sites (tertiary alicyclic amines) is 2. The minimum atomic E-state index is -0.664. The van der Waals surface area contributed by atoms with Crippen molar-refractivity contribution in [2.75, 3.05) is 32.8 Å². The number of ether oxygens (including phenoxy) is 3. The quantitative estimate of drug-likeness (QED) is 0.119. The zero-order valence-electron chi connectivity index (χ0n) is 41.1. The number of hydrogen-bond acceptors (Lipinski definition) is 12. The summed E-state index contributed by atoms with van der Waals surface area (Å²) in [6, 6.07) is 13.6. The molecular formula is C52H75LiN6O7. The average Bonchev–Trinajstić information content (AvgIpc) is 3.27. The Balaban J connectivity index is 0.000000241. The van der Waals surface area contributed by atoms with E-state index in [2.05, 4.69) is 102 Å². The number of esters is 1. The van der Waals surface area contributed by atoms with Gasteiger partial charge in [-0.25, -0.2) is 9.97 Å². The number of aliphatic carboxylic acids is 1. The first-order valence-electron chi connectivity index (χ1n) is 24.3. The number of rotatable bonds is 11. The standard InChI is InChI=1S/C27H39N3O3.C25H35N3O3.Li.H2O/c1-5-32-25(31)20-12-14-30(15-13-20)18-19-6-11-24-21(16-19)17-28-26(29-24)33-23-9-7-22(8-10-23)27(2,3)4;1-25(2,3)20-5-7-21(8-6-20)31-24-26-15-19-14-17(4-9-22(19)27-24)16-28-12-10-18(11-13-28)23(29)30;;/h6,11,16-17,20,22-23H,5,7-10,12-15,18H2,1-4H3;4,9,14-15,18,20-21H,5-8,10-13,16H2,1-3H3,(H,29,30);;1H2/q;;+1;/p-1. The van der Waals surface area contributed by atoms with E-state index in [0.717, 1.165) is 124 Å². The SMILES string of the molecule is CC(C)(C)C1CCC(Oc2ncc3cc(CN4CCC(C(=O)O)CC4)ccc3n2)CC1.CCOC(=O)C1CCN(Cc2ccc3nc(OC4CCC(C(C)(C)C)CC4)ncc3c2)CC1.[Li+].[OH-]. The third kappa shape index (κ3) is 14.8. The molecule has 2 N–H and O–H groups in total. The number of benzene rings is 2. The molecule has 2 aromatic carbocycles. The molecule has 0 amide bonds. The summed E-state index contributed by atoms with van der Waals surface area (Å²) < 4.78 is 17.5. The van der Waals surface area contributed by atoms with Gasteiger partial charge in [-0.05, 0) is 168 Å². The van der Waals surface area contributed by atoms with E-state index in [9.17, 15) is 9.59 Å². The van der Waals surface area contributed by atoms with Crippen molar-refractivity contribution in [2.45, 2.75) is 151 Å². The predicted octanol–water partition coefficient (Wildman–Crippen LogP) is 7.13. The minimum absolute atomic E-state index is 0. The van der Waals surface area contributed by atoms with Gasteiger partial charge in [-0.1, -0.05) is 53.7 Å². The summed E-state index contributed by atoms with van der Waals surface area (Å²) >= 11 is 0. The van der Waals surface area contributed by atoms with Gasteiger partial charge in [0, 0.05) is 36.3 Å². The van der Waals surface area contributed by atoms with Crippen LogP contribution < -0.4 is 28.3 Å². The second-order valence-corrected chi connectivity index (χ2v) is 21.2. The fourth-order valence-electron chi connectivity index (χ4n) is 10.3. The van der Waals surface area contributed by atoms with Gasteiger partial charge in [-0.15, -0.1) is 0 Å². The maximum Gasteiger partial charge on any atom is 1.00 e. The maximum atomic E-state index is 12.0. The summed E-state index contributed by atoms with van der Waals surface area (Å²) in [7, 11) is 0. The summed E-state index contributed by atoms with van der Waals surface area (Å²) in [5.74, 6) is 0.682. The number of piperidine rings is 2. The molecule has 14 heteroatoms. The van der Waals surface area contributed by atoms with E-state index in [1.807, 2.05) is 25.4 Å². The van der Waals surface area contributed by atoms with Crippen LogP contribution in [0.25, 0.3) is 21.8 Å². The Morgan fingerprint density at radius 1 is 0.621 bits per heavy atom. The second kappa shape index (κ2) is 23.9. The number of aromatic nitrogens is 4. The van der Waals surface area contributed by atoms with Crippen LogP contribution in [0.15, 0.2) is 48.8 Å². The van der Waals surface area contributed by atoms with E-state index in [1.54, 1.807) is 0 Å². The molecule has 2 aromatic heterocycles. The van der Waals surface area contributed by atoms with E-state index in [0.29, 0.717) is 29.5 Å². The molecule has 4 heterocycles. The van der Waals surface area contributed by atoms with Crippen molar-refractivity contribution >= 4 is 33.7 Å². The summed E-state index contributed by atoms with van der Waals surface area (Å²) in [5.41, 5.74) is 5.02. The van der Waals surface area contributed by atoms with Gasteiger partial charge in [0.15, 0.2) is 0 Å². The molecule has 0 unspecified atom stereocenters. The number of hydrogen-bond donors (Lipinski definition) is 1. The molecule has 0 radical (unpaired) electrons. The van der Waals surface area contributed by atoms with Crippen molar-refractivity contribution in [1.29, 1.82) is 0 Å². The van der Waals surface area contributed by atoms with Crippen LogP contribution in [-0.4, -0.2) is 97.3 Å². The molecule has 8 rings (SSSR count). The van der Waals surface area contributed by atoms with E-state index < -0.39 is 5.97 Å². The van der Waals surface area contributed by atoms with Crippen LogP contribution in [0.5, 0.6) is 12.0 Å². The molecule has 4 fully saturated rings. The van der Waals surface area contributed by atoms with Gasteiger partial charge >= 0.3 is 42.8 Å². The zero-order chi connectivity index (χ0) is 45.4. The Labute approximate surface area is 405 Å². The molecule has 2 saturated heterocycles. The van der Waals surface area contributed by atoms with Crippen LogP contribution in [-0.2, 0) is 27.4 Å². The number of carbonyl (C=O) groups excluding carboxylic acids is 1. The predicted molar refractivity (Wildman–Crippen MR) is 253 cm³/mol. The number of fused-ring (bicyclic) bond motifs is 2. The third-order valence-corrected chi connectivity index (χ3v) is 14.5. The fraction of sp³-hybridized carbons (Fsp3) is 0.654. The average molecular weight is 903 g/mol. The first-order valence-corrected chi connectivity index (χ1v) is 24.3. The number of carboxylic acid groups (broad SMARTS) is 1. The van der Waals surface area contributed by atoms with Crippen LogP contribution >= 0.6 is 0 Å². The van der Waals surface area contributed by atoms with Crippen molar-refractivity contribution in [3.63, 3.8) is 0 Å². The molecule has 2 saturated carbocycles. The van der Waals surface area contributed by atoms with Crippen LogP contribution in [0.3, 0.4) is 0 Å². The van der Waals surface area contributed by atoms with Crippen molar-refractivity contribution in [3.05, 3.63) is 59.9 Å². The number of nitrogens with zero attached hydrogens (tertiary/aromatic N) is 6. The zero-order valence-corrected chi connectivity index (χ0v) is 41.1. The van der Waals surface area contributed by atoms with Gasteiger partial charge in [0.05, 0.1) is 29.5 Å². The molecular weight excluding hydrogens is 828 g/mol. The maximum absolute atomic E-state index is 12.0. The molecule has 66 heavy (non-hydrogen) atoms. The number of carboxylic acids is 1. The van der Waals surface area contributed by atoms with E-state index in [1.165, 1.54) is 36.8 Å². The van der Waals surface area contributed by atoms with Gasteiger partial charge in [0.1, 0.15) is 12.2 Å². The third-order valence-electron chi connectivity index (χ3n) is 14.5. The monoisotopic (exact) mass is 903 g/mol. The largest absolute Gasteiger partial charge is 1.00 e. The van der Waals surface area contributed by atoms with Crippen molar-refractivity contribution in [1.82, 2.24) is 29.7 Å². The summed E-state index contributed by atoms with van der Waals surface area (Å²) in [5, 5.41) is 11.2. The molecule has 2 aliphatic heterocycles. The van der Waals surface area contributed by atoms with E-state index in [-0.39, 0.29) is 54.3 Å². The van der Waals surface area contributed by atoms with Gasteiger partial charge in [0.25, 0.3) is 0 Å². The van der Waals surface area contributed by atoms with Crippen LogP contribution in [0.4, 0.5) is 0 Å². The molecule has 2 aliphatic carbocycles. The number of carbonyl (C=O) groups is 2. The smallest absolute Gasteiger partial charge is 0.870 e. The summed E-state index contributed by atoms with van der Waals surface area (Å²) in [4.78, 5) is 46.1. The van der Waals surface area contributed by atoms with Gasteiger partial charge in [-0.2, -0.15) is 9.97 Å². The molecule has 0 atom stereocenters. The molecule has 0 spiro atoms. The van der Waals surface area contributed by atoms with Gasteiger partial charge in [-0.3, -0.25) is 19.4 Å². The van der Waals surface area contributed by atoms with Gasteiger partial charge < -0.3 is 24.8 Å². The molecule has 4 aliphatic rings. The Hall–Kier alpha value is -3.86.